The van der Waals surface area contributed by atoms with E-state index in [1.807, 2.05) is 24.3 Å². The Hall–Kier alpha value is -1.55. The van der Waals surface area contributed by atoms with Crippen LogP contribution in [0.1, 0.15) is 10.5 Å². The summed E-state index contributed by atoms with van der Waals surface area (Å²) >= 11 is 3.29. The lowest BCUT2D eigenvalue weighted by atomic mass is 10.2. The third-order valence-electron chi connectivity index (χ3n) is 1.87. The van der Waals surface area contributed by atoms with Crippen molar-refractivity contribution >= 4 is 22.2 Å². The van der Waals surface area contributed by atoms with Crippen LogP contribution in [0.25, 0.3) is 11.4 Å². The molecule has 0 unspecified atom stereocenters. The van der Waals surface area contributed by atoms with Gasteiger partial charge >= 0.3 is 0 Å². The minimum atomic E-state index is 0.411. The van der Waals surface area contributed by atoms with E-state index in [-0.39, 0.29) is 0 Å². The van der Waals surface area contributed by atoms with Crippen LogP contribution in [0.2, 0.25) is 0 Å². The number of carbonyl (C=O) groups excluding carboxylic acids is 1. The van der Waals surface area contributed by atoms with E-state index in [0.717, 1.165) is 16.6 Å². The Labute approximate surface area is 95.3 Å². The molecule has 0 fully saturated rings. The van der Waals surface area contributed by atoms with Gasteiger partial charge in [0.05, 0.1) is 11.4 Å². The molecule has 0 atom stereocenters. The SMILES string of the molecule is O=Cc1cccc(-c2cccc(Br)n2)n1. The summed E-state index contributed by atoms with van der Waals surface area (Å²) in [5.41, 5.74) is 1.85. The molecule has 0 N–H and O–H groups in total. The largest absolute Gasteiger partial charge is 0.296 e. The fourth-order valence-electron chi connectivity index (χ4n) is 1.21. The zero-order valence-corrected chi connectivity index (χ0v) is 9.31. The number of aromatic nitrogens is 2. The van der Waals surface area contributed by atoms with Gasteiger partial charge in [-0.05, 0) is 40.2 Å². The summed E-state index contributed by atoms with van der Waals surface area (Å²) in [7, 11) is 0. The van der Waals surface area contributed by atoms with Crippen LogP contribution in [0.3, 0.4) is 0 Å². The number of rotatable bonds is 2. The Morgan fingerprint density at radius 1 is 1.00 bits per heavy atom. The Balaban J connectivity index is 2.49. The summed E-state index contributed by atoms with van der Waals surface area (Å²) in [6.45, 7) is 0. The maximum atomic E-state index is 10.6. The maximum Gasteiger partial charge on any atom is 0.168 e. The zero-order chi connectivity index (χ0) is 10.7. The number of hydrogen-bond donors (Lipinski definition) is 0. The third kappa shape index (κ3) is 2.27. The van der Waals surface area contributed by atoms with Gasteiger partial charge in [0.2, 0.25) is 0 Å². The van der Waals surface area contributed by atoms with Crippen molar-refractivity contribution in [1.82, 2.24) is 9.97 Å². The molecule has 2 aromatic heterocycles. The van der Waals surface area contributed by atoms with Crippen molar-refractivity contribution < 1.29 is 4.79 Å². The van der Waals surface area contributed by atoms with Crippen molar-refractivity contribution in [3.63, 3.8) is 0 Å². The van der Waals surface area contributed by atoms with Crippen LogP contribution in [0.5, 0.6) is 0 Å². The maximum absolute atomic E-state index is 10.6. The number of pyridine rings is 2. The molecule has 15 heavy (non-hydrogen) atoms. The fraction of sp³-hybridized carbons (Fsp3) is 0. The molecule has 2 rings (SSSR count). The van der Waals surface area contributed by atoms with Gasteiger partial charge in [-0.15, -0.1) is 0 Å². The monoisotopic (exact) mass is 262 g/mol. The Kier molecular flexibility index (Phi) is 2.87. The average molecular weight is 263 g/mol. The standard InChI is InChI=1S/C11H7BrN2O/c12-11-6-2-5-10(14-11)9-4-1-3-8(7-15)13-9/h1-7H. The average Bonchev–Trinajstić information content (AvgIpc) is 2.29. The molecule has 2 aromatic rings. The van der Waals surface area contributed by atoms with Crippen molar-refractivity contribution in [2.75, 3.05) is 0 Å². The highest BCUT2D eigenvalue weighted by Gasteiger charge is 2.01. The topological polar surface area (TPSA) is 42.9 Å². The van der Waals surface area contributed by atoms with E-state index >= 15 is 0 Å². The zero-order valence-electron chi connectivity index (χ0n) is 7.72. The molecule has 0 amide bonds. The number of aldehydes is 1. The first kappa shape index (κ1) is 9.98. The molecule has 74 valence electrons. The lowest BCUT2D eigenvalue weighted by molar-refractivity contribution is 0.111. The van der Waals surface area contributed by atoms with E-state index in [9.17, 15) is 4.79 Å². The van der Waals surface area contributed by atoms with E-state index in [1.165, 1.54) is 0 Å². The van der Waals surface area contributed by atoms with E-state index in [2.05, 4.69) is 25.9 Å². The highest BCUT2D eigenvalue weighted by molar-refractivity contribution is 9.10. The van der Waals surface area contributed by atoms with Crippen LogP contribution < -0.4 is 0 Å². The lowest BCUT2D eigenvalue weighted by Gasteiger charge is -2.00. The minimum Gasteiger partial charge on any atom is -0.296 e. The second kappa shape index (κ2) is 4.31. The highest BCUT2D eigenvalue weighted by Crippen LogP contribution is 2.16. The summed E-state index contributed by atoms with van der Waals surface area (Å²) in [6, 6.07) is 10.8. The van der Waals surface area contributed by atoms with Crippen LogP contribution in [0.4, 0.5) is 0 Å². The first-order valence-electron chi connectivity index (χ1n) is 4.35. The Bertz CT molecular complexity index is 499. The summed E-state index contributed by atoms with van der Waals surface area (Å²) in [5, 5.41) is 0. The third-order valence-corrected chi connectivity index (χ3v) is 2.31. The summed E-state index contributed by atoms with van der Waals surface area (Å²) in [5.74, 6) is 0. The van der Waals surface area contributed by atoms with Gasteiger partial charge in [-0.3, -0.25) is 4.79 Å². The summed E-state index contributed by atoms with van der Waals surface area (Å²) in [6.07, 6.45) is 0.724. The normalized spacial score (nSPS) is 9.93. The van der Waals surface area contributed by atoms with Gasteiger partial charge in [0.15, 0.2) is 6.29 Å². The molecule has 4 heteroatoms. The minimum absolute atomic E-state index is 0.411. The van der Waals surface area contributed by atoms with Crippen LogP contribution in [0, 0.1) is 0 Å². The molecule has 0 radical (unpaired) electrons. The van der Waals surface area contributed by atoms with Crippen molar-refractivity contribution in [2.24, 2.45) is 0 Å². The first-order valence-corrected chi connectivity index (χ1v) is 5.14. The van der Waals surface area contributed by atoms with E-state index in [1.54, 1.807) is 12.1 Å². The molecule has 0 aliphatic heterocycles. The molecule has 0 bridgehead atoms. The van der Waals surface area contributed by atoms with Gasteiger partial charge in [-0.2, -0.15) is 0 Å². The molecule has 0 aliphatic rings. The highest BCUT2D eigenvalue weighted by atomic mass is 79.9. The molecule has 0 aliphatic carbocycles. The molecule has 0 saturated carbocycles. The number of carbonyl (C=O) groups is 1. The Morgan fingerprint density at radius 3 is 2.33 bits per heavy atom. The molecule has 2 heterocycles. The second-order valence-corrected chi connectivity index (χ2v) is 3.72. The number of halogens is 1. The van der Waals surface area contributed by atoms with Crippen LogP contribution in [-0.2, 0) is 0 Å². The quantitative estimate of drug-likeness (QED) is 0.618. The molecule has 0 saturated heterocycles. The van der Waals surface area contributed by atoms with Gasteiger partial charge in [-0.25, -0.2) is 9.97 Å². The summed E-state index contributed by atoms with van der Waals surface area (Å²) < 4.78 is 0.748. The van der Waals surface area contributed by atoms with Crippen LogP contribution in [0.15, 0.2) is 41.0 Å². The van der Waals surface area contributed by atoms with Crippen LogP contribution in [-0.4, -0.2) is 16.3 Å². The van der Waals surface area contributed by atoms with Gasteiger partial charge in [-0.1, -0.05) is 12.1 Å². The second-order valence-electron chi connectivity index (χ2n) is 2.91. The first-order chi connectivity index (χ1) is 7.29. The smallest absolute Gasteiger partial charge is 0.168 e. The summed E-state index contributed by atoms with van der Waals surface area (Å²) in [4.78, 5) is 19.0. The Morgan fingerprint density at radius 2 is 1.67 bits per heavy atom. The predicted molar refractivity (Wildman–Crippen MR) is 60.6 cm³/mol. The van der Waals surface area contributed by atoms with Crippen molar-refractivity contribution in [1.29, 1.82) is 0 Å². The molecular weight excluding hydrogens is 256 g/mol. The van der Waals surface area contributed by atoms with Crippen molar-refractivity contribution in [3.8, 4) is 11.4 Å². The fourth-order valence-corrected chi connectivity index (χ4v) is 1.55. The molecule has 0 aromatic carbocycles. The van der Waals surface area contributed by atoms with Gasteiger partial charge in [0, 0.05) is 0 Å². The number of nitrogens with zero attached hydrogens (tertiary/aromatic N) is 2. The lowest BCUT2D eigenvalue weighted by Crippen LogP contribution is -1.91. The van der Waals surface area contributed by atoms with Gasteiger partial charge < -0.3 is 0 Å². The molecule has 0 spiro atoms. The van der Waals surface area contributed by atoms with Gasteiger partial charge in [0.1, 0.15) is 10.3 Å². The van der Waals surface area contributed by atoms with E-state index < -0.39 is 0 Å². The van der Waals surface area contributed by atoms with Gasteiger partial charge in [0.25, 0.3) is 0 Å². The molecular formula is C11H7BrN2O. The van der Waals surface area contributed by atoms with E-state index in [4.69, 9.17) is 0 Å². The number of hydrogen-bond acceptors (Lipinski definition) is 3. The van der Waals surface area contributed by atoms with Crippen molar-refractivity contribution in [3.05, 3.63) is 46.7 Å². The molecule has 3 nitrogen and oxygen atoms in total. The van der Waals surface area contributed by atoms with Crippen molar-refractivity contribution in [2.45, 2.75) is 0 Å². The van der Waals surface area contributed by atoms with Crippen LogP contribution >= 0.6 is 15.9 Å². The predicted octanol–water partition coefficient (Wildman–Crippen LogP) is 2.72. The van der Waals surface area contributed by atoms with E-state index in [0.29, 0.717) is 11.4 Å².